The summed E-state index contributed by atoms with van der Waals surface area (Å²) in [5.41, 5.74) is -0.0942. The molecule has 174 valence electrons. The van der Waals surface area contributed by atoms with Gasteiger partial charge in [0.2, 0.25) is 15.9 Å². The number of nitrogens with one attached hydrogen (secondary N) is 1. The maximum Gasteiger partial charge on any atom is 0.348 e. The summed E-state index contributed by atoms with van der Waals surface area (Å²) in [4.78, 5) is 28.8. The van der Waals surface area contributed by atoms with Gasteiger partial charge in [-0.05, 0) is 43.2 Å². The molecule has 0 radical (unpaired) electrons. The van der Waals surface area contributed by atoms with Crippen molar-refractivity contribution in [1.82, 2.24) is 13.9 Å². The molecule has 33 heavy (non-hydrogen) atoms. The van der Waals surface area contributed by atoms with Crippen LogP contribution < -0.4 is 15.7 Å². The van der Waals surface area contributed by atoms with Crippen LogP contribution in [-0.2, 0) is 21.4 Å². The third-order valence-corrected chi connectivity index (χ3v) is 7.42. The minimum Gasteiger partial charge on any atom is -0.494 e. The van der Waals surface area contributed by atoms with Gasteiger partial charge in [-0.3, -0.25) is 9.36 Å². The van der Waals surface area contributed by atoms with Crippen LogP contribution in [0.1, 0.15) is 19.3 Å². The largest absolute Gasteiger partial charge is 0.494 e. The standard InChI is InChI=1S/C22H23FN4O5S/c1-32-20-8-5-16(12-18(20)23)25-21(28)14-27-19-7-6-17(11-15(19)13-24-22(27)29)33(30,31)26-9-3-2-4-10-26/h5-8,11-13H,2-4,9-10,14H2,1H3,(H,25,28). The fourth-order valence-electron chi connectivity index (χ4n) is 3.84. The van der Waals surface area contributed by atoms with Crippen LogP contribution in [0.4, 0.5) is 10.1 Å². The second-order valence-corrected chi connectivity index (χ2v) is 9.65. The molecule has 1 fully saturated rings. The number of ether oxygens (including phenoxy) is 1. The molecule has 9 nitrogen and oxygen atoms in total. The first-order valence-corrected chi connectivity index (χ1v) is 11.9. The highest BCUT2D eigenvalue weighted by Crippen LogP contribution is 2.24. The molecule has 0 atom stereocenters. The fourth-order valence-corrected chi connectivity index (χ4v) is 5.39. The van der Waals surface area contributed by atoms with Gasteiger partial charge in [0.25, 0.3) is 0 Å². The lowest BCUT2D eigenvalue weighted by Crippen LogP contribution is -2.35. The smallest absolute Gasteiger partial charge is 0.348 e. The average Bonchev–Trinajstić information content (AvgIpc) is 2.81. The highest BCUT2D eigenvalue weighted by molar-refractivity contribution is 7.89. The summed E-state index contributed by atoms with van der Waals surface area (Å²) in [5.74, 6) is -1.17. The summed E-state index contributed by atoms with van der Waals surface area (Å²) in [7, 11) is -2.32. The average molecular weight is 475 g/mol. The second-order valence-electron chi connectivity index (χ2n) is 7.71. The van der Waals surface area contributed by atoms with Crippen LogP contribution in [0.2, 0.25) is 0 Å². The minimum atomic E-state index is -3.66. The number of sulfonamides is 1. The molecule has 0 saturated carbocycles. The number of hydrogen-bond acceptors (Lipinski definition) is 6. The Kier molecular flexibility index (Phi) is 6.43. The third kappa shape index (κ3) is 4.74. The number of carbonyl (C=O) groups is 1. The van der Waals surface area contributed by atoms with Crippen LogP contribution in [-0.4, -0.2) is 48.4 Å². The molecular formula is C22H23FN4O5S. The molecule has 2 heterocycles. The van der Waals surface area contributed by atoms with Crippen molar-refractivity contribution in [3.05, 3.63) is 58.9 Å². The number of carbonyl (C=O) groups excluding carboxylic acids is 1. The third-order valence-electron chi connectivity index (χ3n) is 5.52. The van der Waals surface area contributed by atoms with Gasteiger partial charge in [0, 0.05) is 36.4 Å². The Bertz CT molecular complexity index is 1370. The molecule has 0 bridgehead atoms. The Morgan fingerprint density at radius 1 is 1.15 bits per heavy atom. The van der Waals surface area contributed by atoms with Gasteiger partial charge in [-0.25, -0.2) is 22.6 Å². The van der Waals surface area contributed by atoms with Crippen LogP contribution in [0.3, 0.4) is 0 Å². The summed E-state index contributed by atoms with van der Waals surface area (Å²) >= 11 is 0. The van der Waals surface area contributed by atoms with E-state index in [2.05, 4.69) is 10.3 Å². The molecule has 4 rings (SSSR count). The molecule has 1 aliphatic rings. The van der Waals surface area contributed by atoms with Gasteiger partial charge in [0.1, 0.15) is 6.54 Å². The van der Waals surface area contributed by atoms with E-state index in [1.54, 1.807) is 0 Å². The predicted octanol–water partition coefficient (Wildman–Crippen LogP) is 2.36. The summed E-state index contributed by atoms with van der Waals surface area (Å²) in [5, 5.41) is 2.94. The van der Waals surface area contributed by atoms with E-state index in [1.807, 2.05) is 0 Å². The molecule has 2 aromatic carbocycles. The predicted molar refractivity (Wildman–Crippen MR) is 120 cm³/mol. The Morgan fingerprint density at radius 3 is 2.61 bits per heavy atom. The summed E-state index contributed by atoms with van der Waals surface area (Å²) < 4.78 is 47.3. The summed E-state index contributed by atoms with van der Waals surface area (Å²) in [6, 6.07) is 8.34. The van der Waals surface area contributed by atoms with Crippen molar-refractivity contribution < 1.29 is 22.3 Å². The number of hydrogen-bond donors (Lipinski definition) is 1. The van der Waals surface area contributed by atoms with E-state index in [-0.39, 0.29) is 22.9 Å². The topological polar surface area (TPSA) is 111 Å². The maximum atomic E-state index is 13.9. The number of anilines is 1. The van der Waals surface area contributed by atoms with Crippen molar-refractivity contribution in [1.29, 1.82) is 0 Å². The lowest BCUT2D eigenvalue weighted by molar-refractivity contribution is -0.116. The Balaban J connectivity index is 1.60. The number of halogens is 1. The lowest BCUT2D eigenvalue weighted by Gasteiger charge is -2.26. The Morgan fingerprint density at radius 2 is 1.91 bits per heavy atom. The molecule has 11 heteroatoms. The SMILES string of the molecule is COc1ccc(NC(=O)Cn2c(=O)ncc3cc(S(=O)(=O)N4CCCCC4)ccc32)cc1F. The zero-order valence-corrected chi connectivity index (χ0v) is 18.8. The summed E-state index contributed by atoms with van der Waals surface area (Å²) in [6.45, 7) is 0.573. The highest BCUT2D eigenvalue weighted by atomic mass is 32.2. The highest BCUT2D eigenvalue weighted by Gasteiger charge is 2.26. The number of benzene rings is 2. The number of methoxy groups -OCH3 is 1. The van der Waals surface area contributed by atoms with Crippen LogP contribution in [0.25, 0.3) is 10.9 Å². The Hall–Kier alpha value is -3.31. The van der Waals surface area contributed by atoms with Crippen LogP contribution >= 0.6 is 0 Å². The molecule has 1 aromatic heterocycles. The molecule has 0 aliphatic carbocycles. The minimum absolute atomic E-state index is 0.0396. The summed E-state index contributed by atoms with van der Waals surface area (Å²) in [6.07, 6.45) is 3.94. The van der Waals surface area contributed by atoms with E-state index in [9.17, 15) is 22.4 Å². The molecule has 0 spiro atoms. The van der Waals surface area contributed by atoms with Gasteiger partial charge >= 0.3 is 5.69 Å². The molecular weight excluding hydrogens is 451 g/mol. The van der Waals surface area contributed by atoms with Gasteiger partial charge in [-0.1, -0.05) is 6.42 Å². The number of piperidine rings is 1. The lowest BCUT2D eigenvalue weighted by atomic mass is 10.2. The zero-order valence-electron chi connectivity index (χ0n) is 18.0. The first kappa shape index (κ1) is 22.9. The van der Waals surface area contributed by atoms with Crippen LogP contribution in [0, 0.1) is 5.82 Å². The monoisotopic (exact) mass is 474 g/mol. The first-order chi connectivity index (χ1) is 15.8. The molecule has 0 unspecified atom stereocenters. The fraction of sp³-hybridized carbons (Fsp3) is 0.318. The maximum absolute atomic E-state index is 13.9. The van der Waals surface area contributed by atoms with Crippen LogP contribution in [0.5, 0.6) is 5.75 Å². The molecule has 1 amide bonds. The second kappa shape index (κ2) is 9.28. The molecule has 3 aromatic rings. The van der Waals surface area contributed by atoms with Crippen molar-refractivity contribution in [2.24, 2.45) is 0 Å². The van der Waals surface area contributed by atoms with Gasteiger partial charge < -0.3 is 10.1 Å². The quantitative estimate of drug-likeness (QED) is 0.587. The van der Waals surface area contributed by atoms with Crippen molar-refractivity contribution in [2.45, 2.75) is 30.7 Å². The zero-order chi connectivity index (χ0) is 23.6. The van der Waals surface area contributed by atoms with Crippen molar-refractivity contribution in [3.8, 4) is 5.75 Å². The molecule has 1 aliphatic heterocycles. The van der Waals surface area contributed by atoms with E-state index in [1.165, 1.54) is 47.9 Å². The van der Waals surface area contributed by atoms with Crippen molar-refractivity contribution in [2.75, 3.05) is 25.5 Å². The number of amides is 1. The van der Waals surface area contributed by atoms with Crippen molar-refractivity contribution >= 4 is 32.5 Å². The molecule has 1 saturated heterocycles. The number of fused-ring (bicyclic) bond motifs is 1. The van der Waals surface area contributed by atoms with Gasteiger partial charge in [-0.2, -0.15) is 4.31 Å². The van der Waals surface area contributed by atoms with E-state index < -0.39 is 27.4 Å². The normalized spacial score (nSPS) is 14.8. The van der Waals surface area contributed by atoms with E-state index in [0.717, 1.165) is 29.9 Å². The molecule has 1 N–H and O–H groups in total. The van der Waals surface area contributed by atoms with Crippen molar-refractivity contribution in [3.63, 3.8) is 0 Å². The van der Waals surface area contributed by atoms with Crippen LogP contribution in [0.15, 0.2) is 52.3 Å². The van der Waals surface area contributed by atoms with E-state index >= 15 is 0 Å². The van der Waals surface area contributed by atoms with E-state index in [4.69, 9.17) is 4.74 Å². The Labute approximate surface area is 189 Å². The van der Waals surface area contributed by atoms with Gasteiger partial charge in [0.05, 0.1) is 17.5 Å². The van der Waals surface area contributed by atoms with E-state index in [0.29, 0.717) is 24.0 Å². The van der Waals surface area contributed by atoms with Gasteiger partial charge in [0.15, 0.2) is 11.6 Å². The number of nitrogens with zero attached hydrogens (tertiary/aromatic N) is 3. The van der Waals surface area contributed by atoms with Gasteiger partial charge in [-0.15, -0.1) is 0 Å². The number of aromatic nitrogens is 2. The number of rotatable bonds is 6. The first-order valence-electron chi connectivity index (χ1n) is 10.4.